The van der Waals surface area contributed by atoms with E-state index in [9.17, 15) is 4.79 Å². The van der Waals surface area contributed by atoms with Crippen LogP contribution in [0.4, 0.5) is 0 Å². The molecule has 0 atom stereocenters. The molecule has 0 radical (unpaired) electrons. The molecule has 1 aromatic carbocycles. The Bertz CT molecular complexity index is 430. The summed E-state index contributed by atoms with van der Waals surface area (Å²) in [5.74, 6) is 0.706. The van der Waals surface area contributed by atoms with E-state index >= 15 is 0 Å². The number of carbonyl (C=O) groups excluding carboxylic acids is 1. The van der Waals surface area contributed by atoms with Crippen molar-refractivity contribution in [3.63, 3.8) is 0 Å². The van der Waals surface area contributed by atoms with Crippen molar-refractivity contribution < 1.29 is 9.53 Å². The van der Waals surface area contributed by atoms with Crippen LogP contribution in [0.1, 0.15) is 51.0 Å². The van der Waals surface area contributed by atoms with Crippen LogP contribution in [0.15, 0.2) is 29.4 Å². The predicted molar refractivity (Wildman–Crippen MR) is 82.1 cm³/mol. The quantitative estimate of drug-likeness (QED) is 0.426. The Morgan fingerprint density at radius 3 is 2.75 bits per heavy atom. The molecule has 4 heteroatoms. The Morgan fingerprint density at radius 1 is 1.25 bits per heavy atom. The van der Waals surface area contributed by atoms with Crippen LogP contribution in [0, 0.1) is 0 Å². The lowest BCUT2D eigenvalue weighted by molar-refractivity contribution is -0.121. The standard InChI is InChI=1S/C16H24N2O2/c1-3-4-5-6-7-12-16(19)18-17-13-14-10-8-9-11-15(14)20-2/h8-11,13H,3-7,12H2,1-2H3,(H,18,19)/b17-13+. The molecule has 0 unspecified atom stereocenters. The summed E-state index contributed by atoms with van der Waals surface area (Å²) in [6, 6.07) is 7.54. The van der Waals surface area contributed by atoms with Gasteiger partial charge in [0, 0.05) is 12.0 Å². The summed E-state index contributed by atoms with van der Waals surface area (Å²) in [5, 5.41) is 3.96. The lowest BCUT2D eigenvalue weighted by Crippen LogP contribution is -2.16. The zero-order valence-electron chi connectivity index (χ0n) is 12.4. The minimum Gasteiger partial charge on any atom is -0.496 e. The maximum absolute atomic E-state index is 11.6. The number of hydrazone groups is 1. The van der Waals surface area contributed by atoms with E-state index in [1.807, 2.05) is 24.3 Å². The second kappa shape index (κ2) is 10.0. The van der Waals surface area contributed by atoms with Crippen LogP contribution < -0.4 is 10.2 Å². The Kier molecular flexibility index (Phi) is 8.11. The Labute approximate surface area is 121 Å². The fourth-order valence-corrected chi connectivity index (χ4v) is 1.89. The van der Waals surface area contributed by atoms with Gasteiger partial charge in [-0.3, -0.25) is 4.79 Å². The number of benzene rings is 1. The summed E-state index contributed by atoms with van der Waals surface area (Å²) in [5.41, 5.74) is 3.39. The average Bonchev–Trinajstić information content (AvgIpc) is 2.47. The molecule has 0 saturated carbocycles. The van der Waals surface area contributed by atoms with E-state index in [1.165, 1.54) is 19.3 Å². The number of para-hydroxylation sites is 1. The van der Waals surface area contributed by atoms with Gasteiger partial charge in [-0.2, -0.15) is 5.10 Å². The zero-order valence-corrected chi connectivity index (χ0v) is 12.4. The normalized spacial score (nSPS) is 10.7. The van der Waals surface area contributed by atoms with Crippen LogP contribution in [0.2, 0.25) is 0 Å². The molecule has 0 aliphatic heterocycles. The highest BCUT2D eigenvalue weighted by molar-refractivity contribution is 5.85. The topological polar surface area (TPSA) is 50.7 Å². The van der Waals surface area contributed by atoms with Crippen molar-refractivity contribution in [2.45, 2.75) is 45.4 Å². The molecule has 1 aromatic rings. The lowest BCUT2D eigenvalue weighted by atomic mass is 10.1. The smallest absolute Gasteiger partial charge is 0.240 e. The zero-order chi connectivity index (χ0) is 14.6. The molecule has 0 saturated heterocycles. The van der Waals surface area contributed by atoms with E-state index in [1.54, 1.807) is 13.3 Å². The number of nitrogens with zero attached hydrogens (tertiary/aromatic N) is 1. The number of carbonyl (C=O) groups is 1. The Hall–Kier alpha value is -1.84. The first-order valence-corrected chi connectivity index (χ1v) is 7.22. The first-order valence-electron chi connectivity index (χ1n) is 7.22. The maximum Gasteiger partial charge on any atom is 0.240 e. The van der Waals surface area contributed by atoms with E-state index in [4.69, 9.17) is 4.74 Å². The van der Waals surface area contributed by atoms with E-state index in [0.717, 1.165) is 24.2 Å². The van der Waals surface area contributed by atoms with Crippen LogP contribution in [0.25, 0.3) is 0 Å². The number of hydrogen-bond donors (Lipinski definition) is 1. The molecule has 0 aliphatic rings. The molecule has 1 rings (SSSR count). The van der Waals surface area contributed by atoms with Gasteiger partial charge in [0.25, 0.3) is 0 Å². The number of methoxy groups -OCH3 is 1. The summed E-state index contributed by atoms with van der Waals surface area (Å²) >= 11 is 0. The van der Waals surface area contributed by atoms with Gasteiger partial charge < -0.3 is 4.74 Å². The minimum absolute atomic E-state index is 0.0346. The van der Waals surface area contributed by atoms with E-state index < -0.39 is 0 Å². The van der Waals surface area contributed by atoms with Crippen molar-refractivity contribution >= 4 is 12.1 Å². The molecule has 0 spiro atoms. The summed E-state index contributed by atoms with van der Waals surface area (Å²) in [6.07, 6.45) is 7.84. The highest BCUT2D eigenvalue weighted by Crippen LogP contribution is 2.14. The first-order chi connectivity index (χ1) is 9.77. The highest BCUT2D eigenvalue weighted by Gasteiger charge is 2.00. The third-order valence-corrected chi connectivity index (χ3v) is 3.04. The van der Waals surface area contributed by atoms with Gasteiger partial charge in [-0.1, -0.05) is 44.7 Å². The second-order valence-electron chi connectivity index (χ2n) is 4.70. The number of ether oxygens (including phenoxy) is 1. The van der Waals surface area contributed by atoms with Gasteiger partial charge >= 0.3 is 0 Å². The van der Waals surface area contributed by atoms with Gasteiger partial charge in [-0.25, -0.2) is 5.43 Å². The number of unbranched alkanes of at least 4 members (excludes halogenated alkanes) is 4. The van der Waals surface area contributed by atoms with Gasteiger partial charge in [0.15, 0.2) is 0 Å². The van der Waals surface area contributed by atoms with E-state index in [2.05, 4.69) is 17.5 Å². The maximum atomic E-state index is 11.6. The molecule has 0 bridgehead atoms. The SMILES string of the molecule is CCCCCCCC(=O)N/N=C/c1ccccc1OC. The van der Waals surface area contributed by atoms with Crippen LogP contribution in [0.5, 0.6) is 5.75 Å². The predicted octanol–water partition coefficient (Wildman–Crippen LogP) is 3.51. The largest absolute Gasteiger partial charge is 0.496 e. The molecule has 4 nitrogen and oxygen atoms in total. The van der Waals surface area contributed by atoms with Crippen molar-refractivity contribution in [3.05, 3.63) is 29.8 Å². The van der Waals surface area contributed by atoms with Crippen LogP contribution in [-0.2, 0) is 4.79 Å². The summed E-state index contributed by atoms with van der Waals surface area (Å²) in [7, 11) is 1.61. The second-order valence-corrected chi connectivity index (χ2v) is 4.70. The lowest BCUT2D eigenvalue weighted by Gasteiger charge is -2.03. The molecule has 0 aromatic heterocycles. The van der Waals surface area contributed by atoms with Crippen LogP contribution >= 0.6 is 0 Å². The van der Waals surface area contributed by atoms with Gasteiger partial charge in [-0.15, -0.1) is 0 Å². The summed E-state index contributed by atoms with van der Waals surface area (Å²) < 4.78 is 5.20. The Balaban J connectivity index is 2.28. The molecule has 1 amide bonds. The van der Waals surface area contributed by atoms with Crippen molar-refractivity contribution in [2.75, 3.05) is 7.11 Å². The van der Waals surface area contributed by atoms with Crippen molar-refractivity contribution in [1.82, 2.24) is 5.43 Å². The Morgan fingerprint density at radius 2 is 2.00 bits per heavy atom. The molecular weight excluding hydrogens is 252 g/mol. The summed E-state index contributed by atoms with van der Waals surface area (Å²) in [6.45, 7) is 2.18. The molecule has 0 heterocycles. The number of amides is 1. The van der Waals surface area contributed by atoms with Gasteiger partial charge in [0.1, 0.15) is 5.75 Å². The monoisotopic (exact) mass is 276 g/mol. The molecule has 0 fully saturated rings. The molecular formula is C16H24N2O2. The fourth-order valence-electron chi connectivity index (χ4n) is 1.89. The van der Waals surface area contributed by atoms with Crippen molar-refractivity contribution in [1.29, 1.82) is 0 Å². The first kappa shape index (κ1) is 16.2. The van der Waals surface area contributed by atoms with Gasteiger partial charge in [0.05, 0.1) is 13.3 Å². The fraction of sp³-hybridized carbons (Fsp3) is 0.500. The van der Waals surface area contributed by atoms with Gasteiger partial charge in [0.2, 0.25) is 5.91 Å². The molecule has 20 heavy (non-hydrogen) atoms. The average molecular weight is 276 g/mol. The number of hydrogen-bond acceptors (Lipinski definition) is 3. The highest BCUT2D eigenvalue weighted by atomic mass is 16.5. The molecule has 110 valence electrons. The summed E-state index contributed by atoms with van der Waals surface area (Å²) in [4.78, 5) is 11.6. The van der Waals surface area contributed by atoms with E-state index in [-0.39, 0.29) is 5.91 Å². The van der Waals surface area contributed by atoms with Crippen LogP contribution in [0.3, 0.4) is 0 Å². The van der Waals surface area contributed by atoms with E-state index in [0.29, 0.717) is 6.42 Å². The molecule has 1 N–H and O–H groups in total. The third kappa shape index (κ3) is 6.36. The number of rotatable bonds is 9. The van der Waals surface area contributed by atoms with Crippen LogP contribution in [-0.4, -0.2) is 19.2 Å². The number of nitrogens with one attached hydrogen (secondary N) is 1. The van der Waals surface area contributed by atoms with Gasteiger partial charge in [-0.05, 0) is 18.6 Å². The third-order valence-electron chi connectivity index (χ3n) is 3.04. The minimum atomic E-state index is -0.0346. The van der Waals surface area contributed by atoms with Crippen molar-refractivity contribution in [3.8, 4) is 5.75 Å². The van der Waals surface area contributed by atoms with Crippen molar-refractivity contribution in [2.24, 2.45) is 5.10 Å². The molecule has 0 aliphatic carbocycles.